The Labute approximate surface area is 216 Å². The van der Waals surface area contributed by atoms with Crippen LogP contribution in [-0.4, -0.2) is 78.4 Å². The number of morpholine rings is 1. The summed E-state index contributed by atoms with van der Waals surface area (Å²) in [5.74, 6) is 1.94. The van der Waals surface area contributed by atoms with Crippen LogP contribution in [0.5, 0.6) is 0 Å². The summed E-state index contributed by atoms with van der Waals surface area (Å²) >= 11 is 0. The van der Waals surface area contributed by atoms with Gasteiger partial charge < -0.3 is 29.6 Å². The van der Waals surface area contributed by atoms with Gasteiger partial charge >= 0.3 is 0 Å². The monoisotopic (exact) mass is 503 g/mol. The number of rotatable bonds is 7. The summed E-state index contributed by atoms with van der Waals surface area (Å²) in [5.41, 5.74) is 2.59. The summed E-state index contributed by atoms with van der Waals surface area (Å²) in [5, 5.41) is 4.06. The molecule has 0 spiro atoms. The lowest BCUT2D eigenvalue weighted by atomic mass is 9.86. The van der Waals surface area contributed by atoms with Crippen LogP contribution >= 0.6 is 0 Å². The molecule has 2 fully saturated rings. The molecule has 1 saturated carbocycles. The molecule has 2 aliphatic heterocycles. The quantitative estimate of drug-likeness (QED) is 0.474. The maximum Gasteiger partial charge on any atom is 0.267 e. The molecule has 1 amide bonds. The molecule has 10 nitrogen and oxygen atoms in total. The predicted molar refractivity (Wildman–Crippen MR) is 141 cm³/mol. The third kappa shape index (κ3) is 4.67. The van der Waals surface area contributed by atoms with Crippen LogP contribution in [0.1, 0.15) is 25.7 Å². The fourth-order valence-electron chi connectivity index (χ4n) is 5.68. The molecule has 2 unspecified atom stereocenters. The van der Waals surface area contributed by atoms with Crippen LogP contribution in [0.25, 0.3) is 22.3 Å². The van der Waals surface area contributed by atoms with Crippen molar-refractivity contribution < 1.29 is 14.3 Å². The van der Waals surface area contributed by atoms with Crippen molar-refractivity contribution in [3.05, 3.63) is 42.2 Å². The molecule has 0 bridgehead atoms. The zero-order valence-corrected chi connectivity index (χ0v) is 21.2. The molecule has 1 saturated heterocycles. The fraction of sp³-hybridized carbons (Fsp3) is 0.481. The van der Waals surface area contributed by atoms with Crippen molar-refractivity contribution in [1.29, 1.82) is 0 Å². The number of aromatic nitrogens is 4. The van der Waals surface area contributed by atoms with E-state index >= 15 is 0 Å². The van der Waals surface area contributed by atoms with E-state index in [9.17, 15) is 4.79 Å². The van der Waals surface area contributed by atoms with Crippen LogP contribution < -0.4 is 15.1 Å². The summed E-state index contributed by atoms with van der Waals surface area (Å²) in [6.45, 7) is 3.60. The Balaban J connectivity index is 1.45. The van der Waals surface area contributed by atoms with Gasteiger partial charge in [-0.3, -0.25) is 4.79 Å². The zero-order chi connectivity index (χ0) is 25.2. The number of nitrogens with one attached hydrogen (secondary N) is 2. The summed E-state index contributed by atoms with van der Waals surface area (Å²) in [6, 6.07) is 8.30. The van der Waals surface area contributed by atoms with Gasteiger partial charge in [0.05, 0.1) is 19.8 Å². The smallest absolute Gasteiger partial charge is 0.267 e. The molecule has 37 heavy (non-hydrogen) atoms. The summed E-state index contributed by atoms with van der Waals surface area (Å²) in [4.78, 5) is 35.8. The topological polar surface area (TPSA) is 108 Å². The van der Waals surface area contributed by atoms with Gasteiger partial charge in [-0.2, -0.15) is 15.0 Å². The van der Waals surface area contributed by atoms with Gasteiger partial charge in [-0.15, -0.1) is 0 Å². The average molecular weight is 504 g/mol. The first-order chi connectivity index (χ1) is 18.2. The third-order valence-electron chi connectivity index (χ3n) is 7.53. The highest BCUT2D eigenvalue weighted by atomic mass is 16.5. The second-order valence-electron chi connectivity index (χ2n) is 9.79. The molecule has 6 rings (SSSR count). The van der Waals surface area contributed by atoms with Gasteiger partial charge in [0.1, 0.15) is 5.70 Å². The molecule has 2 N–H and O–H groups in total. The molecule has 4 heterocycles. The van der Waals surface area contributed by atoms with Gasteiger partial charge in [-0.25, -0.2) is 0 Å². The van der Waals surface area contributed by atoms with Gasteiger partial charge in [-0.1, -0.05) is 25.0 Å². The largest absolute Gasteiger partial charge is 0.383 e. The Kier molecular flexibility index (Phi) is 6.75. The van der Waals surface area contributed by atoms with Crippen LogP contribution in [0, 0.1) is 5.92 Å². The van der Waals surface area contributed by atoms with E-state index in [2.05, 4.69) is 26.2 Å². The van der Waals surface area contributed by atoms with Crippen LogP contribution in [0.4, 0.5) is 11.9 Å². The molecular formula is C27H33N7O3. The standard InChI is InChI=1S/C27H33N7O3/c1-36-14-11-29-25(35)23-17-18-5-2-3-8-22(18)34(23)27-31-24(20-6-4-7-21-19(20)9-10-28-21)30-26(32-27)33-12-15-37-16-13-33/h4,6-7,9-10,17-18,22,28H,2-3,5,8,11-16H2,1H3,(H,29,35). The molecule has 1 aromatic carbocycles. The molecule has 3 aromatic rings. The fourth-order valence-corrected chi connectivity index (χ4v) is 5.68. The minimum absolute atomic E-state index is 0.117. The Morgan fingerprint density at radius 1 is 1.14 bits per heavy atom. The minimum Gasteiger partial charge on any atom is -0.383 e. The summed E-state index contributed by atoms with van der Waals surface area (Å²) < 4.78 is 10.7. The first-order valence-corrected chi connectivity index (χ1v) is 13.2. The van der Waals surface area contributed by atoms with Crippen molar-refractivity contribution in [3.63, 3.8) is 0 Å². The van der Waals surface area contributed by atoms with E-state index in [0.717, 1.165) is 35.7 Å². The molecule has 2 aromatic heterocycles. The second kappa shape index (κ2) is 10.5. The van der Waals surface area contributed by atoms with Gasteiger partial charge in [0.15, 0.2) is 5.82 Å². The van der Waals surface area contributed by atoms with E-state index in [1.165, 1.54) is 6.42 Å². The van der Waals surface area contributed by atoms with Crippen molar-refractivity contribution in [3.8, 4) is 11.4 Å². The number of anilines is 2. The van der Waals surface area contributed by atoms with Crippen LogP contribution in [0.15, 0.2) is 42.2 Å². The number of hydrogen-bond donors (Lipinski definition) is 2. The van der Waals surface area contributed by atoms with E-state index in [0.29, 0.717) is 68.8 Å². The number of benzene rings is 1. The van der Waals surface area contributed by atoms with Gasteiger partial charge in [0.25, 0.3) is 5.91 Å². The SMILES string of the molecule is COCCNC(=O)C1=CC2CCCCC2N1c1nc(-c2cccc3[nH]ccc23)nc(N2CCOCC2)n1. The number of carbonyl (C=O) groups excluding carboxylic acids is 1. The number of nitrogens with zero attached hydrogens (tertiary/aromatic N) is 5. The summed E-state index contributed by atoms with van der Waals surface area (Å²) in [6.07, 6.45) is 8.40. The Morgan fingerprint density at radius 3 is 2.84 bits per heavy atom. The molecule has 1 aliphatic carbocycles. The predicted octanol–water partition coefficient (Wildman–Crippen LogP) is 2.88. The molecular weight excluding hydrogens is 470 g/mol. The number of carbonyl (C=O) groups is 1. The number of hydrogen-bond acceptors (Lipinski definition) is 8. The maximum atomic E-state index is 13.3. The number of aromatic amines is 1. The molecule has 194 valence electrons. The zero-order valence-electron chi connectivity index (χ0n) is 21.2. The van der Waals surface area contributed by atoms with Crippen molar-refractivity contribution in [1.82, 2.24) is 25.3 Å². The van der Waals surface area contributed by atoms with Crippen LogP contribution in [0.2, 0.25) is 0 Å². The number of amides is 1. The molecule has 3 aliphatic rings. The highest BCUT2D eigenvalue weighted by molar-refractivity contribution is 5.98. The molecule has 0 radical (unpaired) electrons. The van der Waals surface area contributed by atoms with Crippen molar-refractivity contribution in [2.45, 2.75) is 31.7 Å². The Hall–Kier alpha value is -3.50. The second-order valence-corrected chi connectivity index (χ2v) is 9.79. The van der Waals surface area contributed by atoms with E-state index in [-0.39, 0.29) is 11.9 Å². The normalized spacial score (nSPS) is 21.7. The van der Waals surface area contributed by atoms with Crippen LogP contribution in [0.3, 0.4) is 0 Å². The van der Waals surface area contributed by atoms with Crippen molar-refractivity contribution in [2.24, 2.45) is 5.92 Å². The number of ether oxygens (including phenoxy) is 2. The van der Waals surface area contributed by atoms with E-state index in [4.69, 9.17) is 24.4 Å². The lowest BCUT2D eigenvalue weighted by Crippen LogP contribution is -2.42. The lowest BCUT2D eigenvalue weighted by molar-refractivity contribution is -0.117. The van der Waals surface area contributed by atoms with E-state index < -0.39 is 0 Å². The maximum absolute atomic E-state index is 13.3. The first kappa shape index (κ1) is 23.9. The van der Waals surface area contributed by atoms with E-state index in [1.807, 2.05) is 30.5 Å². The molecule has 2 atom stereocenters. The number of methoxy groups -OCH3 is 1. The highest BCUT2D eigenvalue weighted by Crippen LogP contribution is 2.40. The number of fused-ring (bicyclic) bond motifs is 2. The highest BCUT2D eigenvalue weighted by Gasteiger charge is 2.41. The van der Waals surface area contributed by atoms with Gasteiger partial charge in [-0.05, 0) is 31.1 Å². The molecule has 10 heteroatoms. The van der Waals surface area contributed by atoms with Crippen LogP contribution in [-0.2, 0) is 14.3 Å². The Morgan fingerprint density at radius 2 is 1.97 bits per heavy atom. The third-order valence-corrected chi connectivity index (χ3v) is 7.53. The van der Waals surface area contributed by atoms with Gasteiger partial charge in [0.2, 0.25) is 11.9 Å². The first-order valence-electron chi connectivity index (χ1n) is 13.2. The lowest BCUT2D eigenvalue weighted by Gasteiger charge is -2.34. The van der Waals surface area contributed by atoms with Crippen molar-refractivity contribution >= 4 is 28.7 Å². The Bertz CT molecular complexity index is 1300. The van der Waals surface area contributed by atoms with Crippen molar-refractivity contribution in [2.75, 3.05) is 56.4 Å². The summed E-state index contributed by atoms with van der Waals surface area (Å²) in [7, 11) is 1.63. The number of H-pyrrole nitrogens is 1. The van der Waals surface area contributed by atoms with Gasteiger partial charge in [0, 0.05) is 61.4 Å². The average Bonchev–Trinajstić information content (AvgIpc) is 3.58. The van der Waals surface area contributed by atoms with E-state index in [1.54, 1.807) is 7.11 Å². The minimum atomic E-state index is -0.117.